The third-order valence-electron chi connectivity index (χ3n) is 5.01. The maximum atomic E-state index is 13.2. The number of carbonyl (C=O) groups is 3. The van der Waals surface area contributed by atoms with Crippen molar-refractivity contribution in [3.05, 3.63) is 59.1 Å². The Balaban J connectivity index is 1.68. The van der Waals surface area contributed by atoms with Crippen molar-refractivity contribution in [3.8, 4) is 0 Å². The summed E-state index contributed by atoms with van der Waals surface area (Å²) < 4.78 is 39.7. The summed E-state index contributed by atoms with van der Waals surface area (Å²) in [4.78, 5) is 41.7. The number of anilines is 2. The van der Waals surface area contributed by atoms with Gasteiger partial charge in [-0.15, -0.1) is 0 Å². The molecule has 0 aliphatic carbocycles. The zero-order chi connectivity index (χ0) is 24.2. The van der Waals surface area contributed by atoms with Gasteiger partial charge in [-0.25, -0.2) is 4.79 Å². The van der Waals surface area contributed by atoms with Crippen LogP contribution in [0.2, 0.25) is 5.02 Å². The average Bonchev–Trinajstić information content (AvgIpc) is 3.15. The molecule has 1 N–H and O–H groups in total. The topological polar surface area (TPSA) is 73.0 Å². The fraction of sp³-hybridized carbons (Fsp3) is 0.318. The van der Waals surface area contributed by atoms with Crippen molar-refractivity contribution in [2.24, 2.45) is 0 Å². The number of benzene rings is 2. The first-order valence-electron chi connectivity index (χ1n) is 10.2. The monoisotopic (exact) mass is 482 g/mol. The largest absolute Gasteiger partial charge is 0.418 e. The van der Waals surface area contributed by atoms with Crippen LogP contribution in [-0.4, -0.2) is 53.9 Å². The van der Waals surface area contributed by atoms with Crippen molar-refractivity contribution in [3.63, 3.8) is 0 Å². The molecule has 176 valence electrons. The lowest BCUT2D eigenvalue weighted by Gasteiger charge is -2.25. The molecule has 3 rings (SSSR count). The molecule has 2 aromatic rings. The van der Waals surface area contributed by atoms with Crippen LogP contribution in [0, 0.1) is 0 Å². The van der Waals surface area contributed by atoms with Crippen LogP contribution in [0.3, 0.4) is 0 Å². The SMILES string of the molecule is CCCN(CC(=O)N1CC(=O)N(c2ccc(Cl)cc2)C1)C(=O)Nc1ccccc1C(F)(F)F. The van der Waals surface area contributed by atoms with Crippen LogP contribution in [0.25, 0.3) is 0 Å². The second-order valence-corrected chi connectivity index (χ2v) is 7.86. The Morgan fingerprint density at radius 2 is 1.79 bits per heavy atom. The highest BCUT2D eigenvalue weighted by Crippen LogP contribution is 2.34. The zero-order valence-electron chi connectivity index (χ0n) is 17.7. The Morgan fingerprint density at radius 1 is 1.12 bits per heavy atom. The standard InChI is InChI=1S/C22H22ClF3N4O3/c1-2-11-28(21(33)27-18-6-4-3-5-17(18)22(24,25)26)12-19(31)29-13-20(32)30(14-29)16-9-7-15(23)8-10-16/h3-10H,2,11-14H2,1H3,(H,27,33). The van der Waals surface area contributed by atoms with Gasteiger partial charge < -0.3 is 15.1 Å². The number of nitrogens with one attached hydrogen (secondary N) is 1. The van der Waals surface area contributed by atoms with Crippen LogP contribution in [0.15, 0.2) is 48.5 Å². The Hall–Kier alpha value is -3.27. The third kappa shape index (κ3) is 5.95. The molecule has 1 aliphatic rings. The molecule has 1 saturated heterocycles. The van der Waals surface area contributed by atoms with Gasteiger partial charge in [0.2, 0.25) is 11.8 Å². The van der Waals surface area contributed by atoms with Crippen molar-refractivity contribution in [2.45, 2.75) is 19.5 Å². The van der Waals surface area contributed by atoms with Crippen LogP contribution in [-0.2, 0) is 15.8 Å². The van der Waals surface area contributed by atoms with Gasteiger partial charge in [0.1, 0.15) is 19.8 Å². The predicted molar refractivity (Wildman–Crippen MR) is 118 cm³/mol. The third-order valence-corrected chi connectivity index (χ3v) is 5.26. The lowest BCUT2D eigenvalue weighted by atomic mass is 10.1. The predicted octanol–water partition coefficient (Wildman–Crippen LogP) is 4.44. The van der Waals surface area contributed by atoms with Crippen LogP contribution in [0.4, 0.5) is 29.3 Å². The lowest BCUT2D eigenvalue weighted by molar-refractivity contribution is -0.137. The van der Waals surface area contributed by atoms with Crippen molar-refractivity contribution >= 4 is 40.8 Å². The van der Waals surface area contributed by atoms with E-state index in [-0.39, 0.29) is 32.2 Å². The lowest BCUT2D eigenvalue weighted by Crippen LogP contribution is -2.44. The fourth-order valence-corrected chi connectivity index (χ4v) is 3.51. The number of nitrogens with zero attached hydrogens (tertiary/aromatic N) is 3. The molecule has 33 heavy (non-hydrogen) atoms. The number of hydrogen-bond donors (Lipinski definition) is 1. The summed E-state index contributed by atoms with van der Waals surface area (Å²) in [7, 11) is 0. The number of hydrogen-bond acceptors (Lipinski definition) is 3. The number of carbonyl (C=O) groups excluding carboxylic acids is 3. The van der Waals surface area contributed by atoms with E-state index in [0.29, 0.717) is 17.1 Å². The van der Waals surface area contributed by atoms with Gasteiger partial charge >= 0.3 is 12.2 Å². The molecule has 7 nitrogen and oxygen atoms in total. The zero-order valence-corrected chi connectivity index (χ0v) is 18.5. The van der Waals surface area contributed by atoms with Crippen molar-refractivity contribution in [1.29, 1.82) is 0 Å². The van der Waals surface area contributed by atoms with Crippen LogP contribution in [0.5, 0.6) is 0 Å². The van der Waals surface area contributed by atoms with E-state index in [0.717, 1.165) is 17.0 Å². The Bertz CT molecular complexity index is 1030. The number of rotatable bonds is 6. The highest BCUT2D eigenvalue weighted by Gasteiger charge is 2.35. The maximum Gasteiger partial charge on any atom is 0.418 e. The highest BCUT2D eigenvalue weighted by molar-refractivity contribution is 6.30. The minimum Gasteiger partial charge on any atom is -0.315 e. The molecule has 0 radical (unpaired) electrons. The van der Waals surface area contributed by atoms with Crippen LogP contribution in [0.1, 0.15) is 18.9 Å². The van der Waals surface area contributed by atoms with E-state index in [1.165, 1.54) is 21.9 Å². The summed E-state index contributed by atoms with van der Waals surface area (Å²) in [6.07, 6.45) is -4.16. The second-order valence-electron chi connectivity index (χ2n) is 7.43. The summed E-state index contributed by atoms with van der Waals surface area (Å²) in [5, 5.41) is 2.76. The fourth-order valence-electron chi connectivity index (χ4n) is 3.38. The number of para-hydroxylation sites is 1. The smallest absolute Gasteiger partial charge is 0.315 e. The summed E-state index contributed by atoms with van der Waals surface area (Å²) in [5.74, 6) is -0.788. The van der Waals surface area contributed by atoms with Gasteiger partial charge in [0.05, 0.1) is 11.3 Å². The van der Waals surface area contributed by atoms with Gasteiger partial charge in [0, 0.05) is 17.3 Å². The molecule has 0 aromatic heterocycles. The molecular weight excluding hydrogens is 461 g/mol. The van der Waals surface area contributed by atoms with E-state index in [1.54, 1.807) is 31.2 Å². The van der Waals surface area contributed by atoms with Crippen molar-refractivity contribution in [1.82, 2.24) is 9.80 Å². The molecule has 0 spiro atoms. The molecule has 1 aliphatic heterocycles. The molecule has 1 heterocycles. The number of urea groups is 1. The molecule has 0 atom stereocenters. The first-order chi connectivity index (χ1) is 15.6. The van der Waals surface area contributed by atoms with E-state index in [9.17, 15) is 27.6 Å². The van der Waals surface area contributed by atoms with E-state index < -0.39 is 29.4 Å². The maximum absolute atomic E-state index is 13.2. The van der Waals surface area contributed by atoms with Gasteiger partial charge in [0.15, 0.2) is 0 Å². The summed E-state index contributed by atoms with van der Waals surface area (Å²) >= 11 is 5.87. The quantitative estimate of drug-likeness (QED) is 0.661. The average molecular weight is 483 g/mol. The molecular formula is C22H22ClF3N4O3. The van der Waals surface area contributed by atoms with Gasteiger partial charge in [0.25, 0.3) is 0 Å². The Kier molecular flexibility index (Phi) is 7.47. The van der Waals surface area contributed by atoms with Gasteiger partial charge in [-0.3, -0.25) is 14.5 Å². The number of halogens is 4. The number of amides is 4. The molecule has 2 aromatic carbocycles. The first kappa shape index (κ1) is 24.4. The molecule has 4 amide bonds. The number of alkyl halides is 3. The van der Waals surface area contributed by atoms with E-state index in [2.05, 4.69) is 5.32 Å². The molecule has 0 bridgehead atoms. The minimum absolute atomic E-state index is 0.00219. The Labute approximate surface area is 193 Å². The second kappa shape index (κ2) is 10.1. The highest BCUT2D eigenvalue weighted by atomic mass is 35.5. The molecule has 0 saturated carbocycles. The molecule has 0 unspecified atom stereocenters. The van der Waals surface area contributed by atoms with Gasteiger partial charge in [-0.05, 0) is 42.8 Å². The van der Waals surface area contributed by atoms with E-state index in [4.69, 9.17) is 11.6 Å². The summed E-state index contributed by atoms with van der Waals surface area (Å²) in [6.45, 7) is 1.37. The van der Waals surface area contributed by atoms with Gasteiger partial charge in [-0.1, -0.05) is 30.7 Å². The van der Waals surface area contributed by atoms with E-state index >= 15 is 0 Å². The summed E-state index contributed by atoms with van der Waals surface area (Å²) in [5.41, 5.74) is -0.801. The molecule has 1 fully saturated rings. The minimum atomic E-state index is -4.64. The van der Waals surface area contributed by atoms with Crippen LogP contribution >= 0.6 is 11.6 Å². The van der Waals surface area contributed by atoms with Crippen molar-refractivity contribution in [2.75, 3.05) is 36.5 Å². The summed E-state index contributed by atoms with van der Waals surface area (Å²) in [6, 6.07) is 10.3. The van der Waals surface area contributed by atoms with Crippen molar-refractivity contribution < 1.29 is 27.6 Å². The normalized spacial score (nSPS) is 13.9. The Morgan fingerprint density at radius 3 is 2.42 bits per heavy atom. The van der Waals surface area contributed by atoms with E-state index in [1.807, 2.05) is 0 Å². The molecule has 11 heteroatoms. The van der Waals surface area contributed by atoms with Gasteiger partial charge in [-0.2, -0.15) is 13.2 Å². The first-order valence-corrected chi connectivity index (χ1v) is 10.5. The van der Waals surface area contributed by atoms with Crippen LogP contribution < -0.4 is 10.2 Å².